The summed E-state index contributed by atoms with van der Waals surface area (Å²) >= 11 is 0. The van der Waals surface area contributed by atoms with Crippen LogP contribution in [0.3, 0.4) is 0 Å². The van der Waals surface area contributed by atoms with Gasteiger partial charge in [-0.25, -0.2) is 21.6 Å². The number of nitrogens with two attached hydrogens (primary N) is 1. The van der Waals surface area contributed by atoms with Gasteiger partial charge in [0, 0.05) is 24.4 Å². The fraction of sp³-hybridized carbons (Fsp3) is 0.400. The third kappa shape index (κ3) is 4.65. The van der Waals surface area contributed by atoms with Gasteiger partial charge in [-0.2, -0.15) is 0 Å². The maximum atomic E-state index is 12.0. The Bertz CT molecular complexity index is 742. The molecule has 1 aromatic rings. The van der Waals surface area contributed by atoms with Gasteiger partial charge in [0.05, 0.1) is 16.4 Å². The molecule has 11 heteroatoms. The van der Waals surface area contributed by atoms with Crippen molar-refractivity contribution in [2.24, 2.45) is 0 Å². The van der Waals surface area contributed by atoms with Crippen molar-refractivity contribution in [2.75, 3.05) is 23.8 Å². The summed E-state index contributed by atoms with van der Waals surface area (Å²) in [4.78, 5) is 9.44. The predicted octanol–water partition coefficient (Wildman–Crippen LogP) is -0.110. The maximum Gasteiger partial charge on any atom is 0.270 e. The first-order valence-electron chi connectivity index (χ1n) is 5.83. The zero-order valence-electron chi connectivity index (χ0n) is 11.1. The third-order valence-electron chi connectivity index (χ3n) is 2.64. The minimum Gasteiger partial charge on any atom is -0.398 e. The molecule has 9 nitrogen and oxygen atoms in total. The van der Waals surface area contributed by atoms with E-state index >= 15 is 0 Å². The van der Waals surface area contributed by atoms with Gasteiger partial charge in [-0.1, -0.05) is 6.92 Å². The third-order valence-corrected chi connectivity index (χ3v) is 5.86. The van der Waals surface area contributed by atoms with Crippen LogP contribution in [0.25, 0.3) is 0 Å². The molecule has 0 fully saturated rings. The summed E-state index contributed by atoms with van der Waals surface area (Å²) in [6.07, 6.45) is 0. The molecule has 0 aliphatic rings. The lowest BCUT2D eigenvalue weighted by Crippen LogP contribution is -2.30. The SMILES string of the molecule is CCS(=O)(=O)CCNS(=O)(=O)c1cc([N+](=O)[O-])ccc1N. The number of sulfonamides is 1. The molecule has 0 saturated heterocycles. The quantitative estimate of drug-likeness (QED) is 0.400. The summed E-state index contributed by atoms with van der Waals surface area (Å²) in [6, 6.07) is 3.01. The minimum atomic E-state index is -4.12. The second-order valence-corrected chi connectivity index (χ2v) is 8.32. The van der Waals surface area contributed by atoms with Crippen LogP contribution in [-0.4, -0.2) is 39.8 Å². The lowest BCUT2D eigenvalue weighted by Gasteiger charge is -2.09. The molecular weight excluding hydrogens is 322 g/mol. The Kier molecular flexibility index (Phi) is 5.25. The number of nitrogens with one attached hydrogen (secondary N) is 1. The van der Waals surface area contributed by atoms with E-state index in [1.807, 2.05) is 0 Å². The molecule has 0 aliphatic carbocycles. The Morgan fingerprint density at radius 3 is 2.43 bits per heavy atom. The van der Waals surface area contributed by atoms with Gasteiger partial charge in [0.2, 0.25) is 10.0 Å². The smallest absolute Gasteiger partial charge is 0.270 e. The van der Waals surface area contributed by atoms with E-state index in [0.29, 0.717) is 0 Å². The van der Waals surface area contributed by atoms with Crippen molar-refractivity contribution < 1.29 is 21.8 Å². The number of nitro groups is 1. The summed E-state index contributed by atoms with van der Waals surface area (Å²) in [5.74, 6) is -0.467. The van der Waals surface area contributed by atoms with Crippen LogP contribution < -0.4 is 10.5 Å². The molecular formula is C10H15N3O6S2. The Morgan fingerprint density at radius 1 is 1.29 bits per heavy atom. The predicted molar refractivity (Wildman–Crippen MR) is 77.0 cm³/mol. The van der Waals surface area contributed by atoms with Crippen molar-refractivity contribution in [2.45, 2.75) is 11.8 Å². The van der Waals surface area contributed by atoms with Gasteiger partial charge in [0.15, 0.2) is 9.84 Å². The molecule has 0 aromatic heterocycles. The highest BCUT2D eigenvalue weighted by molar-refractivity contribution is 7.91. The first-order valence-corrected chi connectivity index (χ1v) is 9.13. The summed E-state index contributed by atoms with van der Waals surface area (Å²) in [6.45, 7) is 1.11. The normalized spacial score (nSPS) is 12.2. The van der Waals surface area contributed by atoms with Gasteiger partial charge < -0.3 is 5.73 Å². The van der Waals surface area contributed by atoms with Crippen molar-refractivity contribution >= 4 is 31.2 Å². The summed E-state index contributed by atoms with van der Waals surface area (Å²) < 4.78 is 48.6. The molecule has 0 unspecified atom stereocenters. The van der Waals surface area contributed by atoms with E-state index < -0.39 is 35.4 Å². The Hall–Kier alpha value is -1.72. The number of nitro benzene ring substituents is 1. The fourth-order valence-corrected chi connectivity index (χ4v) is 3.43. The molecule has 0 spiro atoms. The Balaban J connectivity index is 2.98. The van der Waals surface area contributed by atoms with Crippen LogP contribution in [0.2, 0.25) is 0 Å². The Morgan fingerprint density at radius 2 is 1.90 bits per heavy atom. The number of hydrogen-bond donors (Lipinski definition) is 2. The van der Waals surface area contributed by atoms with Gasteiger partial charge in [-0.15, -0.1) is 0 Å². The monoisotopic (exact) mass is 337 g/mol. The number of anilines is 1. The largest absolute Gasteiger partial charge is 0.398 e. The van der Waals surface area contributed by atoms with Gasteiger partial charge in [-0.05, 0) is 6.07 Å². The van der Waals surface area contributed by atoms with Crippen molar-refractivity contribution in [3.63, 3.8) is 0 Å². The van der Waals surface area contributed by atoms with Crippen molar-refractivity contribution in [1.82, 2.24) is 4.72 Å². The van der Waals surface area contributed by atoms with Crippen LogP contribution in [-0.2, 0) is 19.9 Å². The lowest BCUT2D eigenvalue weighted by atomic mass is 10.3. The molecule has 3 N–H and O–H groups in total. The second-order valence-electron chi connectivity index (χ2n) is 4.11. The number of nitrogen functional groups attached to an aromatic ring is 1. The van der Waals surface area contributed by atoms with E-state index in [1.54, 1.807) is 0 Å². The topological polar surface area (TPSA) is 149 Å². The van der Waals surface area contributed by atoms with Gasteiger partial charge >= 0.3 is 0 Å². The van der Waals surface area contributed by atoms with E-state index in [0.717, 1.165) is 18.2 Å². The molecule has 1 aromatic carbocycles. The van der Waals surface area contributed by atoms with E-state index in [9.17, 15) is 26.9 Å². The molecule has 0 bridgehead atoms. The Labute approximate surface area is 122 Å². The first-order chi connectivity index (χ1) is 9.59. The second kappa shape index (κ2) is 6.37. The number of non-ortho nitro benzene ring substituents is 1. The van der Waals surface area contributed by atoms with E-state index in [4.69, 9.17) is 5.73 Å². The number of rotatable bonds is 7. The lowest BCUT2D eigenvalue weighted by molar-refractivity contribution is -0.385. The van der Waals surface area contributed by atoms with E-state index in [-0.39, 0.29) is 23.7 Å². The van der Waals surface area contributed by atoms with Gasteiger partial charge in [0.1, 0.15) is 4.90 Å². The van der Waals surface area contributed by atoms with Crippen molar-refractivity contribution in [3.05, 3.63) is 28.3 Å². The zero-order valence-corrected chi connectivity index (χ0v) is 12.8. The highest BCUT2D eigenvalue weighted by Gasteiger charge is 2.21. The van der Waals surface area contributed by atoms with Gasteiger partial charge in [0.25, 0.3) is 5.69 Å². The zero-order chi connectivity index (χ0) is 16.3. The van der Waals surface area contributed by atoms with Crippen LogP contribution in [0, 0.1) is 10.1 Å². The number of benzene rings is 1. The molecule has 0 heterocycles. The average molecular weight is 337 g/mol. The molecule has 0 amide bonds. The molecule has 1 rings (SSSR count). The standard InChI is InChI=1S/C10H15N3O6S2/c1-2-20(16,17)6-5-12-21(18,19)10-7-8(13(14)15)3-4-9(10)11/h3-4,7,12H,2,5-6,11H2,1H3. The molecule has 0 radical (unpaired) electrons. The maximum absolute atomic E-state index is 12.0. The number of sulfone groups is 1. The highest BCUT2D eigenvalue weighted by atomic mass is 32.2. The van der Waals surface area contributed by atoms with Crippen LogP contribution in [0.1, 0.15) is 6.92 Å². The van der Waals surface area contributed by atoms with Crippen LogP contribution in [0.5, 0.6) is 0 Å². The molecule has 0 atom stereocenters. The fourth-order valence-electron chi connectivity index (χ4n) is 1.42. The van der Waals surface area contributed by atoms with Crippen LogP contribution in [0.4, 0.5) is 11.4 Å². The average Bonchev–Trinajstić information content (AvgIpc) is 2.38. The molecule has 0 aliphatic heterocycles. The van der Waals surface area contributed by atoms with Crippen molar-refractivity contribution in [3.8, 4) is 0 Å². The van der Waals surface area contributed by atoms with Crippen molar-refractivity contribution in [1.29, 1.82) is 0 Å². The van der Waals surface area contributed by atoms with Crippen LogP contribution >= 0.6 is 0 Å². The summed E-state index contributed by atoms with van der Waals surface area (Å²) in [5.41, 5.74) is 4.91. The van der Waals surface area contributed by atoms with E-state index in [1.165, 1.54) is 6.92 Å². The van der Waals surface area contributed by atoms with E-state index in [2.05, 4.69) is 4.72 Å². The molecule has 118 valence electrons. The van der Waals surface area contributed by atoms with Crippen LogP contribution in [0.15, 0.2) is 23.1 Å². The number of hydrogen-bond acceptors (Lipinski definition) is 7. The minimum absolute atomic E-state index is 0.103. The van der Waals surface area contributed by atoms with Gasteiger partial charge in [-0.3, -0.25) is 10.1 Å². The number of nitrogens with zero attached hydrogens (tertiary/aromatic N) is 1. The highest BCUT2D eigenvalue weighted by Crippen LogP contribution is 2.23. The first kappa shape index (κ1) is 17.3. The molecule has 21 heavy (non-hydrogen) atoms. The molecule has 0 saturated carbocycles. The summed E-state index contributed by atoms with van der Waals surface area (Å²) in [7, 11) is -7.44. The summed E-state index contributed by atoms with van der Waals surface area (Å²) in [5, 5.41) is 10.6.